The number of nitrogens with zero attached hydrogens (tertiary/aromatic N) is 1. The zero-order valence-corrected chi connectivity index (χ0v) is 12.6. The fourth-order valence-electron chi connectivity index (χ4n) is 1.71. The average molecular weight is 337 g/mol. The van der Waals surface area contributed by atoms with Gasteiger partial charge in [-0.1, -0.05) is 6.07 Å². The van der Waals surface area contributed by atoms with Crippen LogP contribution >= 0.6 is 15.9 Å². The summed E-state index contributed by atoms with van der Waals surface area (Å²) in [6.45, 7) is 1.97. The van der Waals surface area contributed by atoms with Crippen LogP contribution in [0.4, 0.5) is 11.4 Å². The molecule has 0 heterocycles. The second kappa shape index (κ2) is 5.92. The molecule has 104 valence electrons. The molecule has 0 saturated heterocycles. The lowest BCUT2D eigenvalue weighted by Gasteiger charge is -2.10. The number of anilines is 1. The predicted octanol–water partition coefficient (Wildman–Crippen LogP) is 4.50. The Morgan fingerprint density at radius 3 is 2.60 bits per heavy atom. The number of hydrogen-bond acceptors (Lipinski definition) is 4. The lowest BCUT2D eigenvalue weighted by molar-refractivity contribution is -0.384. The van der Waals surface area contributed by atoms with Crippen molar-refractivity contribution in [3.8, 4) is 11.5 Å². The van der Waals surface area contributed by atoms with E-state index in [-0.39, 0.29) is 5.69 Å². The third-order valence-electron chi connectivity index (χ3n) is 2.71. The van der Waals surface area contributed by atoms with Gasteiger partial charge >= 0.3 is 0 Å². The van der Waals surface area contributed by atoms with Crippen LogP contribution in [0.25, 0.3) is 0 Å². The molecule has 0 radical (unpaired) electrons. The lowest BCUT2D eigenvalue weighted by Crippen LogP contribution is -1.94. The second-order valence-corrected chi connectivity index (χ2v) is 5.11. The number of hydrogen-bond donors (Lipinski definition) is 1. The van der Waals surface area contributed by atoms with Crippen LogP contribution < -0.4 is 10.1 Å². The van der Waals surface area contributed by atoms with Gasteiger partial charge in [0.15, 0.2) is 0 Å². The summed E-state index contributed by atoms with van der Waals surface area (Å²) in [7, 11) is 1.70. The van der Waals surface area contributed by atoms with E-state index < -0.39 is 4.92 Å². The van der Waals surface area contributed by atoms with E-state index in [1.54, 1.807) is 13.1 Å². The molecule has 0 spiro atoms. The minimum Gasteiger partial charge on any atom is -0.456 e. The molecule has 2 aromatic rings. The van der Waals surface area contributed by atoms with Crippen molar-refractivity contribution < 1.29 is 9.66 Å². The van der Waals surface area contributed by atoms with E-state index in [0.29, 0.717) is 17.2 Å². The first kappa shape index (κ1) is 14.3. The Morgan fingerprint density at radius 2 is 2.00 bits per heavy atom. The highest BCUT2D eigenvalue weighted by molar-refractivity contribution is 9.10. The summed E-state index contributed by atoms with van der Waals surface area (Å²) in [6.07, 6.45) is 0. The molecule has 20 heavy (non-hydrogen) atoms. The molecule has 0 aliphatic heterocycles. The SMILES string of the molecule is CNc1cc(Oc2ccc(C)cc2Br)cc([N+](=O)[O-])c1. The Hall–Kier alpha value is -2.08. The van der Waals surface area contributed by atoms with Crippen molar-refractivity contribution in [2.45, 2.75) is 6.92 Å². The quantitative estimate of drug-likeness (QED) is 0.659. The second-order valence-electron chi connectivity index (χ2n) is 4.26. The predicted molar refractivity (Wildman–Crippen MR) is 81.6 cm³/mol. The van der Waals surface area contributed by atoms with Crippen molar-refractivity contribution in [1.82, 2.24) is 0 Å². The van der Waals surface area contributed by atoms with Crippen LogP contribution in [-0.4, -0.2) is 12.0 Å². The van der Waals surface area contributed by atoms with Gasteiger partial charge in [0.1, 0.15) is 11.5 Å². The third kappa shape index (κ3) is 3.27. The minimum atomic E-state index is -0.447. The van der Waals surface area contributed by atoms with Crippen molar-refractivity contribution in [2.24, 2.45) is 0 Å². The maximum atomic E-state index is 10.9. The highest BCUT2D eigenvalue weighted by Gasteiger charge is 2.11. The molecule has 2 aromatic carbocycles. The molecule has 0 aromatic heterocycles. The molecule has 0 bridgehead atoms. The van der Waals surface area contributed by atoms with Gasteiger partial charge in [-0.3, -0.25) is 10.1 Å². The van der Waals surface area contributed by atoms with E-state index in [0.717, 1.165) is 10.0 Å². The Kier molecular flexibility index (Phi) is 4.24. The van der Waals surface area contributed by atoms with Crippen LogP contribution in [0.2, 0.25) is 0 Å². The van der Waals surface area contributed by atoms with Gasteiger partial charge in [0, 0.05) is 24.9 Å². The summed E-state index contributed by atoms with van der Waals surface area (Å²) in [5, 5.41) is 13.8. The number of nitro groups is 1. The smallest absolute Gasteiger partial charge is 0.275 e. The number of aryl methyl sites for hydroxylation is 1. The molecule has 0 saturated carbocycles. The van der Waals surface area contributed by atoms with Gasteiger partial charge in [-0.05, 0) is 40.5 Å². The zero-order chi connectivity index (χ0) is 14.7. The molecule has 2 rings (SSSR count). The highest BCUT2D eigenvalue weighted by Crippen LogP contribution is 2.33. The van der Waals surface area contributed by atoms with Gasteiger partial charge in [-0.15, -0.1) is 0 Å². The fourth-order valence-corrected chi connectivity index (χ4v) is 2.28. The van der Waals surface area contributed by atoms with Crippen molar-refractivity contribution >= 4 is 27.3 Å². The van der Waals surface area contributed by atoms with Crippen LogP contribution in [0.5, 0.6) is 11.5 Å². The maximum Gasteiger partial charge on any atom is 0.275 e. The van der Waals surface area contributed by atoms with Crippen molar-refractivity contribution in [3.05, 3.63) is 56.5 Å². The van der Waals surface area contributed by atoms with Gasteiger partial charge in [-0.2, -0.15) is 0 Å². The molecule has 5 nitrogen and oxygen atoms in total. The molecule has 0 atom stereocenters. The fraction of sp³-hybridized carbons (Fsp3) is 0.143. The van der Waals surface area contributed by atoms with Crippen molar-refractivity contribution in [3.63, 3.8) is 0 Å². The first-order chi connectivity index (χ1) is 9.49. The molecule has 0 fully saturated rings. The van der Waals surface area contributed by atoms with Gasteiger partial charge in [0.25, 0.3) is 5.69 Å². The van der Waals surface area contributed by atoms with Crippen LogP contribution in [0.1, 0.15) is 5.56 Å². The van der Waals surface area contributed by atoms with Crippen LogP contribution in [-0.2, 0) is 0 Å². The average Bonchev–Trinajstić information content (AvgIpc) is 2.41. The Balaban J connectivity index is 2.37. The van der Waals surface area contributed by atoms with Crippen LogP contribution in [0.3, 0.4) is 0 Å². The minimum absolute atomic E-state index is 0.0184. The number of halogens is 1. The van der Waals surface area contributed by atoms with Crippen molar-refractivity contribution in [2.75, 3.05) is 12.4 Å². The number of ether oxygens (including phenoxy) is 1. The van der Waals surface area contributed by atoms with E-state index in [9.17, 15) is 10.1 Å². The van der Waals surface area contributed by atoms with E-state index >= 15 is 0 Å². The van der Waals surface area contributed by atoms with E-state index in [1.807, 2.05) is 25.1 Å². The molecule has 6 heteroatoms. The molecule has 1 N–H and O–H groups in total. The summed E-state index contributed by atoms with van der Waals surface area (Å²) < 4.78 is 6.51. The van der Waals surface area contributed by atoms with Gasteiger partial charge < -0.3 is 10.1 Å². The summed E-state index contributed by atoms with van der Waals surface area (Å²) >= 11 is 3.41. The van der Waals surface area contributed by atoms with E-state index in [2.05, 4.69) is 21.2 Å². The zero-order valence-electron chi connectivity index (χ0n) is 11.0. The summed E-state index contributed by atoms with van der Waals surface area (Å²) in [5.74, 6) is 1.02. The highest BCUT2D eigenvalue weighted by atomic mass is 79.9. The molecular weight excluding hydrogens is 324 g/mol. The molecular formula is C14H13BrN2O3. The summed E-state index contributed by atoms with van der Waals surface area (Å²) in [6, 6.07) is 10.2. The molecule has 0 amide bonds. The summed E-state index contributed by atoms with van der Waals surface area (Å²) in [4.78, 5) is 10.5. The number of rotatable bonds is 4. The van der Waals surface area contributed by atoms with Gasteiger partial charge in [-0.25, -0.2) is 0 Å². The monoisotopic (exact) mass is 336 g/mol. The number of nitrogens with one attached hydrogen (secondary N) is 1. The third-order valence-corrected chi connectivity index (χ3v) is 3.33. The molecule has 0 aliphatic carbocycles. The Labute approximate surface area is 124 Å². The van der Waals surface area contributed by atoms with E-state index in [4.69, 9.17) is 4.74 Å². The Bertz CT molecular complexity index is 659. The standard InChI is InChI=1S/C14H13BrN2O3/c1-9-3-4-14(13(15)5-9)20-12-7-10(16-2)6-11(8-12)17(18)19/h3-8,16H,1-2H3. The van der Waals surface area contributed by atoms with E-state index in [1.165, 1.54) is 12.1 Å². The topological polar surface area (TPSA) is 64.4 Å². The molecule has 0 aliphatic rings. The van der Waals surface area contributed by atoms with Crippen LogP contribution in [0, 0.1) is 17.0 Å². The molecule has 0 unspecified atom stereocenters. The number of non-ortho nitro benzene ring substituents is 1. The van der Waals surface area contributed by atoms with Gasteiger partial charge in [0.2, 0.25) is 0 Å². The first-order valence-corrected chi connectivity index (χ1v) is 6.70. The normalized spacial score (nSPS) is 10.2. The number of nitro benzene ring substituents is 1. The lowest BCUT2D eigenvalue weighted by atomic mass is 10.2. The van der Waals surface area contributed by atoms with Crippen molar-refractivity contribution in [1.29, 1.82) is 0 Å². The van der Waals surface area contributed by atoms with Crippen LogP contribution in [0.15, 0.2) is 40.9 Å². The van der Waals surface area contributed by atoms with Gasteiger partial charge in [0.05, 0.1) is 15.5 Å². The Morgan fingerprint density at radius 1 is 1.25 bits per heavy atom. The summed E-state index contributed by atoms with van der Waals surface area (Å²) in [5.41, 5.74) is 1.70. The largest absolute Gasteiger partial charge is 0.456 e. The number of benzene rings is 2. The first-order valence-electron chi connectivity index (χ1n) is 5.91. The maximum absolute atomic E-state index is 10.9.